The molecular weight excluding hydrogens is 195 g/mol. The smallest absolute Gasteiger partial charge is 0.329 e. The number of hydrogen-bond acceptors (Lipinski definition) is 1. The summed E-state index contributed by atoms with van der Waals surface area (Å²) in [7, 11) is 0. The normalized spacial score (nSPS) is 14.1. The zero-order chi connectivity index (χ0) is 10.6. The van der Waals surface area contributed by atoms with Crippen LogP contribution in [0.1, 0.15) is 13.8 Å². The van der Waals surface area contributed by atoms with Gasteiger partial charge in [-0.2, -0.15) is 22.0 Å². The molecule has 0 aromatic heterocycles. The monoisotopic (exact) mass is 204 g/mol. The molecule has 0 aliphatic carbocycles. The summed E-state index contributed by atoms with van der Waals surface area (Å²) in [5.74, 6) is -7.00. The maximum atomic E-state index is 12.6. The third-order valence-electron chi connectivity index (χ3n) is 1.39. The van der Waals surface area contributed by atoms with Gasteiger partial charge in [-0.3, -0.25) is 0 Å². The summed E-state index contributed by atoms with van der Waals surface area (Å²) in [6.07, 6.45) is -4.92. The van der Waals surface area contributed by atoms with Crippen molar-refractivity contribution in [2.45, 2.75) is 25.9 Å². The molecule has 0 saturated heterocycles. The first-order chi connectivity index (χ1) is 5.84. The zero-order valence-corrected chi connectivity index (χ0v) is 7.08. The molecule has 0 spiro atoms. The second-order valence-electron chi connectivity index (χ2n) is 2.29. The van der Waals surface area contributed by atoms with Gasteiger partial charge in [0.15, 0.2) is 0 Å². The summed E-state index contributed by atoms with van der Waals surface area (Å²) in [6, 6.07) is 0. The summed E-state index contributed by atoms with van der Waals surface area (Å²) in [5, 5.41) is 0. The lowest BCUT2D eigenvalue weighted by Crippen LogP contribution is -2.34. The molecule has 1 unspecified atom stereocenters. The fourth-order valence-corrected chi connectivity index (χ4v) is 0.659. The molecule has 1 atom stereocenters. The molecule has 0 aliphatic heterocycles. The Labute approximate surface area is 72.2 Å². The Morgan fingerprint density at radius 3 is 2.08 bits per heavy atom. The van der Waals surface area contributed by atoms with E-state index in [1.807, 2.05) is 0 Å². The highest BCUT2D eigenvalue weighted by molar-refractivity contribution is 5.07. The summed E-state index contributed by atoms with van der Waals surface area (Å²) < 4.78 is 64.7. The highest BCUT2D eigenvalue weighted by Gasteiger charge is 2.45. The van der Waals surface area contributed by atoms with Crippen molar-refractivity contribution in [3.05, 3.63) is 11.9 Å². The number of alkyl halides is 2. The van der Waals surface area contributed by atoms with E-state index in [1.54, 1.807) is 0 Å². The van der Waals surface area contributed by atoms with Crippen molar-refractivity contribution in [2.75, 3.05) is 6.61 Å². The Kier molecular flexibility index (Phi) is 4.32. The van der Waals surface area contributed by atoms with Gasteiger partial charge in [-0.1, -0.05) is 0 Å². The molecule has 0 aromatic rings. The molecule has 78 valence electrons. The molecule has 0 heterocycles. The number of hydrogen-bond donors (Lipinski definition) is 0. The van der Waals surface area contributed by atoms with E-state index in [-0.39, 0.29) is 6.61 Å². The average Bonchev–Trinajstić information content (AvgIpc) is 2.03. The Balaban J connectivity index is 4.65. The Bertz CT molecular complexity index is 197. The molecule has 0 aliphatic rings. The Morgan fingerprint density at radius 2 is 1.77 bits per heavy atom. The van der Waals surface area contributed by atoms with Crippen molar-refractivity contribution in [3.8, 4) is 0 Å². The van der Waals surface area contributed by atoms with Gasteiger partial charge in [0.1, 0.15) is 6.10 Å². The van der Waals surface area contributed by atoms with Crippen LogP contribution in [-0.2, 0) is 4.74 Å². The maximum Gasteiger partial charge on any atom is 0.329 e. The third kappa shape index (κ3) is 2.95. The van der Waals surface area contributed by atoms with Crippen molar-refractivity contribution in [3.63, 3.8) is 0 Å². The van der Waals surface area contributed by atoms with Crippen LogP contribution in [0.25, 0.3) is 0 Å². The van der Waals surface area contributed by atoms with Crippen molar-refractivity contribution >= 4 is 0 Å². The van der Waals surface area contributed by atoms with Gasteiger partial charge in [-0.25, -0.2) is 0 Å². The summed E-state index contributed by atoms with van der Waals surface area (Å²) in [6.45, 7) is 2.13. The van der Waals surface area contributed by atoms with E-state index in [2.05, 4.69) is 4.74 Å². The first kappa shape index (κ1) is 12.3. The van der Waals surface area contributed by atoms with Crippen LogP contribution in [-0.4, -0.2) is 18.6 Å². The second-order valence-corrected chi connectivity index (χ2v) is 2.29. The number of ether oxygens (including phenoxy) is 1. The average molecular weight is 204 g/mol. The van der Waals surface area contributed by atoms with Gasteiger partial charge in [0.05, 0.1) is 0 Å². The van der Waals surface area contributed by atoms with Crippen LogP contribution in [0.4, 0.5) is 22.0 Å². The highest BCUT2D eigenvalue weighted by atomic mass is 19.3. The van der Waals surface area contributed by atoms with Gasteiger partial charge < -0.3 is 4.74 Å². The molecule has 0 radical (unpaired) electrons. The van der Waals surface area contributed by atoms with Crippen molar-refractivity contribution < 1.29 is 26.7 Å². The second kappa shape index (κ2) is 4.55. The fourth-order valence-electron chi connectivity index (χ4n) is 0.659. The quantitative estimate of drug-likeness (QED) is 0.639. The van der Waals surface area contributed by atoms with E-state index in [9.17, 15) is 22.0 Å². The molecule has 0 fully saturated rings. The molecule has 0 bridgehead atoms. The van der Waals surface area contributed by atoms with Crippen LogP contribution in [0.3, 0.4) is 0 Å². The van der Waals surface area contributed by atoms with Crippen LogP contribution < -0.4 is 0 Å². The largest absolute Gasteiger partial charge is 0.372 e. The molecule has 6 heteroatoms. The van der Waals surface area contributed by atoms with Crippen molar-refractivity contribution in [2.24, 2.45) is 0 Å². The van der Waals surface area contributed by atoms with Gasteiger partial charge in [0.2, 0.25) is 5.83 Å². The van der Waals surface area contributed by atoms with E-state index in [1.165, 1.54) is 6.92 Å². The lowest BCUT2D eigenvalue weighted by Gasteiger charge is -2.20. The van der Waals surface area contributed by atoms with Gasteiger partial charge in [0.25, 0.3) is 0 Å². The summed E-state index contributed by atoms with van der Waals surface area (Å²) in [5.41, 5.74) is 0. The SMILES string of the molecule is CCOC(C)C(F)(F)C(F)=C(F)F. The minimum atomic E-state index is -4.27. The zero-order valence-electron chi connectivity index (χ0n) is 7.08. The topological polar surface area (TPSA) is 9.23 Å². The first-order valence-electron chi connectivity index (χ1n) is 3.54. The minimum absolute atomic E-state index is 0.0993. The van der Waals surface area contributed by atoms with Crippen molar-refractivity contribution in [1.82, 2.24) is 0 Å². The third-order valence-corrected chi connectivity index (χ3v) is 1.39. The number of halogens is 5. The summed E-state index contributed by atoms with van der Waals surface area (Å²) in [4.78, 5) is 0. The predicted molar refractivity (Wildman–Crippen MR) is 36.4 cm³/mol. The molecule has 13 heavy (non-hydrogen) atoms. The van der Waals surface area contributed by atoms with E-state index >= 15 is 0 Å². The standard InChI is InChI=1S/C7H9F5O/c1-3-13-4(2)7(11,12)5(8)6(9)10/h4H,3H2,1-2H3. The van der Waals surface area contributed by atoms with E-state index in [0.29, 0.717) is 0 Å². The van der Waals surface area contributed by atoms with Crippen LogP contribution in [0.15, 0.2) is 11.9 Å². The van der Waals surface area contributed by atoms with Gasteiger partial charge in [-0.05, 0) is 13.8 Å². The number of rotatable bonds is 4. The molecule has 0 aromatic carbocycles. The predicted octanol–water partition coefficient (Wildman–Crippen LogP) is 3.12. The van der Waals surface area contributed by atoms with Crippen LogP contribution in [0.2, 0.25) is 0 Å². The minimum Gasteiger partial charge on any atom is -0.372 e. The van der Waals surface area contributed by atoms with Gasteiger partial charge in [-0.15, -0.1) is 0 Å². The molecule has 0 rings (SSSR count). The highest BCUT2D eigenvalue weighted by Crippen LogP contribution is 2.33. The Hall–Kier alpha value is -0.650. The summed E-state index contributed by atoms with van der Waals surface area (Å²) >= 11 is 0. The molecular formula is C7H9F5O. The van der Waals surface area contributed by atoms with Gasteiger partial charge in [0, 0.05) is 6.61 Å². The molecule has 0 amide bonds. The van der Waals surface area contributed by atoms with Crippen LogP contribution in [0.5, 0.6) is 0 Å². The maximum absolute atomic E-state index is 12.6. The van der Waals surface area contributed by atoms with Crippen LogP contribution in [0, 0.1) is 0 Å². The lowest BCUT2D eigenvalue weighted by molar-refractivity contribution is -0.115. The van der Waals surface area contributed by atoms with E-state index < -0.39 is 23.9 Å². The van der Waals surface area contributed by atoms with Crippen molar-refractivity contribution in [1.29, 1.82) is 0 Å². The fraction of sp³-hybridized carbons (Fsp3) is 0.714. The van der Waals surface area contributed by atoms with E-state index in [4.69, 9.17) is 0 Å². The molecule has 0 saturated carbocycles. The molecule has 1 nitrogen and oxygen atoms in total. The van der Waals surface area contributed by atoms with Crippen LogP contribution >= 0.6 is 0 Å². The molecule has 0 N–H and O–H groups in total. The Morgan fingerprint density at radius 1 is 1.31 bits per heavy atom. The first-order valence-corrected chi connectivity index (χ1v) is 3.54. The van der Waals surface area contributed by atoms with Gasteiger partial charge >= 0.3 is 12.0 Å². The van der Waals surface area contributed by atoms with E-state index in [0.717, 1.165) is 6.92 Å². The lowest BCUT2D eigenvalue weighted by atomic mass is 10.2.